The molecular formula is C15H21F3N2O. The zero-order chi connectivity index (χ0) is 15.3. The molecule has 0 radical (unpaired) electrons. The second-order valence-corrected chi connectivity index (χ2v) is 5.21. The van der Waals surface area contributed by atoms with Crippen LogP contribution in [0.25, 0.3) is 0 Å². The molecule has 0 bridgehead atoms. The van der Waals surface area contributed by atoms with E-state index in [1.165, 1.54) is 12.1 Å². The molecule has 1 heterocycles. The fourth-order valence-corrected chi connectivity index (χ4v) is 2.72. The van der Waals surface area contributed by atoms with Crippen molar-refractivity contribution < 1.29 is 17.9 Å². The number of alkyl halides is 3. The molecule has 0 unspecified atom stereocenters. The van der Waals surface area contributed by atoms with Crippen molar-refractivity contribution in [3.63, 3.8) is 0 Å². The van der Waals surface area contributed by atoms with Gasteiger partial charge in [0.1, 0.15) is 5.75 Å². The first kappa shape index (κ1) is 16.1. The van der Waals surface area contributed by atoms with Gasteiger partial charge in [-0.2, -0.15) is 0 Å². The summed E-state index contributed by atoms with van der Waals surface area (Å²) in [6, 6.07) is 6.53. The van der Waals surface area contributed by atoms with Gasteiger partial charge in [-0.15, -0.1) is 13.2 Å². The van der Waals surface area contributed by atoms with E-state index in [2.05, 4.69) is 21.9 Å². The summed E-state index contributed by atoms with van der Waals surface area (Å²) in [6.07, 6.45) is -2.60. The monoisotopic (exact) mass is 302 g/mol. The maximum atomic E-state index is 12.2. The van der Waals surface area contributed by atoms with Crippen LogP contribution in [0.5, 0.6) is 5.75 Å². The molecule has 1 aromatic carbocycles. The Kier molecular flexibility index (Phi) is 5.47. The highest BCUT2D eigenvalue weighted by atomic mass is 19.4. The standard InChI is InChI=1S/C15H21F3N2O/c1-2-3-14(20-10-8-19-9-11-20)12-4-6-13(7-5-12)21-15(16,17)18/h4-7,14,19H,2-3,8-11H2,1H3/t14-/m0/s1. The number of rotatable bonds is 5. The second kappa shape index (κ2) is 7.13. The number of piperazine rings is 1. The Hall–Kier alpha value is -1.27. The lowest BCUT2D eigenvalue weighted by Gasteiger charge is -2.35. The first-order valence-electron chi connectivity index (χ1n) is 7.30. The number of nitrogens with zero attached hydrogens (tertiary/aromatic N) is 1. The van der Waals surface area contributed by atoms with E-state index in [-0.39, 0.29) is 11.8 Å². The minimum Gasteiger partial charge on any atom is -0.406 e. The van der Waals surface area contributed by atoms with Crippen LogP contribution >= 0.6 is 0 Å². The van der Waals surface area contributed by atoms with Gasteiger partial charge in [-0.25, -0.2) is 0 Å². The van der Waals surface area contributed by atoms with Crippen molar-refractivity contribution in [2.75, 3.05) is 26.2 Å². The lowest BCUT2D eigenvalue weighted by Crippen LogP contribution is -2.45. The quantitative estimate of drug-likeness (QED) is 0.903. The molecule has 1 aliphatic heterocycles. The summed E-state index contributed by atoms with van der Waals surface area (Å²) >= 11 is 0. The molecule has 0 aliphatic carbocycles. The average Bonchev–Trinajstić information content (AvgIpc) is 2.45. The van der Waals surface area contributed by atoms with Crippen molar-refractivity contribution in [3.05, 3.63) is 29.8 Å². The normalized spacial score (nSPS) is 18.5. The van der Waals surface area contributed by atoms with Crippen molar-refractivity contribution in [3.8, 4) is 5.75 Å². The van der Waals surface area contributed by atoms with Crippen LogP contribution in [0, 0.1) is 0 Å². The molecule has 1 aliphatic rings. The molecule has 1 saturated heterocycles. The third-order valence-corrected chi connectivity index (χ3v) is 3.65. The summed E-state index contributed by atoms with van der Waals surface area (Å²) in [4.78, 5) is 2.39. The van der Waals surface area contributed by atoms with Gasteiger partial charge in [-0.1, -0.05) is 25.5 Å². The van der Waals surface area contributed by atoms with E-state index < -0.39 is 6.36 Å². The van der Waals surface area contributed by atoms with Gasteiger partial charge in [0.15, 0.2) is 0 Å². The van der Waals surface area contributed by atoms with Crippen molar-refractivity contribution in [1.29, 1.82) is 0 Å². The average molecular weight is 302 g/mol. The molecule has 0 saturated carbocycles. The zero-order valence-corrected chi connectivity index (χ0v) is 12.1. The number of hydrogen-bond acceptors (Lipinski definition) is 3. The first-order valence-corrected chi connectivity index (χ1v) is 7.30. The SMILES string of the molecule is CCC[C@@H](c1ccc(OC(F)(F)F)cc1)N1CCNCC1. The van der Waals surface area contributed by atoms with E-state index in [1.807, 2.05) is 0 Å². The Morgan fingerprint density at radius 2 is 1.81 bits per heavy atom. The topological polar surface area (TPSA) is 24.5 Å². The van der Waals surface area contributed by atoms with Crippen LogP contribution in [-0.4, -0.2) is 37.4 Å². The van der Waals surface area contributed by atoms with Gasteiger partial charge in [0.05, 0.1) is 0 Å². The Morgan fingerprint density at radius 3 is 2.33 bits per heavy atom. The van der Waals surface area contributed by atoms with E-state index in [9.17, 15) is 13.2 Å². The fraction of sp³-hybridized carbons (Fsp3) is 0.600. The fourth-order valence-electron chi connectivity index (χ4n) is 2.72. The van der Waals surface area contributed by atoms with E-state index >= 15 is 0 Å². The number of hydrogen-bond donors (Lipinski definition) is 1. The lowest BCUT2D eigenvalue weighted by atomic mass is 10.00. The number of halogens is 3. The van der Waals surface area contributed by atoms with Crippen LogP contribution in [0.3, 0.4) is 0 Å². The van der Waals surface area contributed by atoms with E-state index in [4.69, 9.17) is 0 Å². The van der Waals surface area contributed by atoms with Crippen LogP contribution in [-0.2, 0) is 0 Å². The molecule has 1 aromatic rings. The van der Waals surface area contributed by atoms with Crippen LogP contribution < -0.4 is 10.1 Å². The molecule has 2 rings (SSSR count). The highest BCUT2D eigenvalue weighted by molar-refractivity contribution is 5.29. The maximum Gasteiger partial charge on any atom is 0.573 e. The lowest BCUT2D eigenvalue weighted by molar-refractivity contribution is -0.274. The van der Waals surface area contributed by atoms with Gasteiger partial charge in [-0.3, -0.25) is 4.90 Å². The van der Waals surface area contributed by atoms with Gasteiger partial charge >= 0.3 is 6.36 Å². The van der Waals surface area contributed by atoms with E-state index in [0.29, 0.717) is 0 Å². The number of nitrogens with one attached hydrogen (secondary N) is 1. The van der Waals surface area contributed by atoms with Crippen LogP contribution in [0.15, 0.2) is 24.3 Å². The van der Waals surface area contributed by atoms with Gasteiger partial charge in [-0.05, 0) is 24.1 Å². The summed E-state index contributed by atoms with van der Waals surface area (Å²) in [7, 11) is 0. The Balaban J connectivity index is 2.09. The largest absolute Gasteiger partial charge is 0.573 e. The molecule has 1 N–H and O–H groups in total. The third-order valence-electron chi connectivity index (χ3n) is 3.65. The van der Waals surface area contributed by atoms with Gasteiger partial charge < -0.3 is 10.1 Å². The predicted molar refractivity (Wildman–Crippen MR) is 75.2 cm³/mol. The summed E-state index contributed by atoms with van der Waals surface area (Å²) in [5.41, 5.74) is 1.05. The molecule has 0 amide bonds. The van der Waals surface area contributed by atoms with Crippen molar-refractivity contribution in [2.45, 2.75) is 32.2 Å². The molecule has 118 valence electrons. The highest BCUT2D eigenvalue weighted by Crippen LogP contribution is 2.29. The Labute approximate surface area is 123 Å². The summed E-state index contributed by atoms with van der Waals surface area (Å²) < 4.78 is 40.4. The molecule has 21 heavy (non-hydrogen) atoms. The van der Waals surface area contributed by atoms with Gasteiger partial charge in [0.25, 0.3) is 0 Å². The smallest absolute Gasteiger partial charge is 0.406 e. The second-order valence-electron chi connectivity index (χ2n) is 5.21. The van der Waals surface area contributed by atoms with E-state index in [0.717, 1.165) is 44.6 Å². The minimum atomic E-state index is -4.64. The van der Waals surface area contributed by atoms with Crippen LogP contribution in [0.4, 0.5) is 13.2 Å². The predicted octanol–water partition coefficient (Wildman–Crippen LogP) is 3.33. The molecule has 0 aromatic heterocycles. The van der Waals surface area contributed by atoms with Crippen molar-refractivity contribution >= 4 is 0 Å². The number of benzene rings is 1. The molecule has 3 nitrogen and oxygen atoms in total. The molecule has 0 spiro atoms. The Bertz CT molecular complexity index is 428. The summed E-state index contributed by atoms with van der Waals surface area (Å²) in [6.45, 7) is 5.96. The third kappa shape index (κ3) is 4.89. The Morgan fingerprint density at radius 1 is 1.19 bits per heavy atom. The zero-order valence-electron chi connectivity index (χ0n) is 12.1. The van der Waals surface area contributed by atoms with Crippen LogP contribution in [0.1, 0.15) is 31.4 Å². The molecular weight excluding hydrogens is 281 g/mol. The molecule has 1 fully saturated rings. The molecule has 1 atom stereocenters. The van der Waals surface area contributed by atoms with E-state index in [1.54, 1.807) is 12.1 Å². The first-order chi connectivity index (χ1) is 9.99. The van der Waals surface area contributed by atoms with Gasteiger partial charge in [0, 0.05) is 32.2 Å². The summed E-state index contributed by atoms with van der Waals surface area (Å²) in [5.74, 6) is -0.165. The molecule has 6 heteroatoms. The van der Waals surface area contributed by atoms with Crippen LogP contribution in [0.2, 0.25) is 0 Å². The minimum absolute atomic E-state index is 0.165. The van der Waals surface area contributed by atoms with Gasteiger partial charge in [0.2, 0.25) is 0 Å². The van der Waals surface area contributed by atoms with Crippen molar-refractivity contribution in [2.24, 2.45) is 0 Å². The highest BCUT2D eigenvalue weighted by Gasteiger charge is 2.31. The summed E-state index contributed by atoms with van der Waals surface area (Å²) in [5, 5.41) is 3.31. The van der Waals surface area contributed by atoms with Crippen molar-refractivity contribution in [1.82, 2.24) is 10.2 Å². The number of ether oxygens (including phenoxy) is 1. The maximum absolute atomic E-state index is 12.2.